The Kier molecular flexibility index (Phi) is 3.86. The zero-order chi connectivity index (χ0) is 14.8. The van der Waals surface area contributed by atoms with Crippen molar-refractivity contribution < 1.29 is 9.50 Å². The third-order valence-electron chi connectivity index (χ3n) is 3.21. The summed E-state index contributed by atoms with van der Waals surface area (Å²) in [5, 5.41) is 14.7. The molecule has 3 nitrogen and oxygen atoms in total. The van der Waals surface area contributed by atoms with Crippen LogP contribution in [0, 0.1) is 5.82 Å². The first-order chi connectivity index (χ1) is 10.2. The summed E-state index contributed by atoms with van der Waals surface area (Å²) in [5.74, 6) is -0.460. The standard InChI is InChI=1S/C16H12BrFN2O/c17-11-6-7-13(14(18)10-11)16(21)15-8-9-19-20(15)12-4-2-1-3-5-12/h1-10,16,21H. The molecule has 0 fully saturated rings. The minimum absolute atomic E-state index is 0.218. The van der Waals surface area contributed by atoms with E-state index < -0.39 is 11.9 Å². The molecule has 1 N–H and O–H groups in total. The summed E-state index contributed by atoms with van der Waals surface area (Å²) in [5.41, 5.74) is 1.55. The summed E-state index contributed by atoms with van der Waals surface area (Å²) >= 11 is 3.21. The molecule has 0 aliphatic heterocycles. The van der Waals surface area contributed by atoms with E-state index in [1.54, 1.807) is 29.1 Å². The van der Waals surface area contributed by atoms with Gasteiger partial charge >= 0.3 is 0 Å². The fourth-order valence-electron chi connectivity index (χ4n) is 2.19. The Bertz CT molecular complexity index is 758. The van der Waals surface area contributed by atoms with E-state index in [1.807, 2.05) is 30.3 Å². The highest BCUT2D eigenvalue weighted by Gasteiger charge is 2.19. The monoisotopic (exact) mass is 346 g/mol. The first-order valence-corrected chi connectivity index (χ1v) is 7.18. The molecule has 1 unspecified atom stereocenters. The van der Waals surface area contributed by atoms with Gasteiger partial charge in [-0.05, 0) is 30.3 Å². The van der Waals surface area contributed by atoms with Gasteiger partial charge in [0.15, 0.2) is 0 Å². The molecule has 3 rings (SSSR count). The van der Waals surface area contributed by atoms with E-state index >= 15 is 0 Å². The summed E-state index contributed by atoms with van der Waals surface area (Å²) in [4.78, 5) is 0. The quantitative estimate of drug-likeness (QED) is 0.781. The summed E-state index contributed by atoms with van der Waals surface area (Å²) in [6.07, 6.45) is 0.503. The molecule has 0 saturated heterocycles. The van der Waals surface area contributed by atoms with Crippen LogP contribution in [0.25, 0.3) is 5.69 Å². The van der Waals surface area contributed by atoms with Gasteiger partial charge in [-0.2, -0.15) is 5.10 Å². The lowest BCUT2D eigenvalue weighted by molar-refractivity contribution is 0.206. The third kappa shape index (κ3) is 2.75. The van der Waals surface area contributed by atoms with Gasteiger partial charge in [-0.15, -0.1) is 0 Å². The van der Waals surface area contributed by atoms with Gasteiger partial charge in [0.05, 0.1) is 11.4 Å². The van der Waals surface area contributed by atoms with Gasteiger partial charge in [-0.3, -0.25) is 0 Å². The fraction of sp³-hybridized carbons (Fsp3) is 0.0625. The Morgan fingerprint density at radius 2 is 1.86 bits per heavy atom. The first kappa shape index (κ1) is 14.0. The lowest BCUT2D eigenvalue weighted by atomic mass is 10.1. The second-order valence-corrected chi connectivity index (χ2v) is 5.49. The van der Waals surface area contributed by atoms with Gasteiger partial charge in [0.2, 0.25) is 0 Å². The number of benzene rings is 2. The molecule has 0 spiro atoms. The summed E-state index contributed by atoms with van der Waals surface area (Å²) < 4.78 is 16.2. The molecule has 0 amide bonds. The molecule has 3 aromatic rings. The summed E-state index contributed by atoms with van der Waals surface area (Å²) in [7, 11) is 0. The third-order valence-corrected chi connectivity index (χ3v) is 3.70. The van der Waals surface area contributed by atoms with Gasteiger partial charge in [0.25, 0.3) is 0 Å². The van der Waals surface area contributed by atoms with Crippen LogP contribution in [0.4, 0.5) is 4.39 Å². The molecule has 0 aliphatic rings. The number of nitrogens with zero attached hydrogens (tertiary/aromatic N) is 2. The van der Waals surface area contributed by atoms with Gasteiger partial charge in [-0.1, -0.05) is 40.2 Å². The molecular formula is C16H12BrFN2O. The minimum atomic E-state index is -1.08. The van der Waals surface area contributed by atoms with E-state index in [0.29, 0.717) is 10.2 Å². The Morgan fingerprint density at radius 1 is 1.10 bits per heavy atom. The normalized spacial score (nSPS) is 12.3. The number of para-hydroxylation sites is 1. The smallest absolute Gasteiger partial charge is 0.130 e. The number of hydrogen-bond acceptors (Lipinski definition) is 2. The number of aliphatic hydroxyl groups excluding tert-OH is 1. The van der Waals surface area contributed by atoms with Crippen LogP contribution in [0.3, 0.4) is 0 Å². The van der Waals surface area contributed by atoms with E-state index in [4.69, 9.17) is 0 Å². The average Bonchev–Trinajstić information content (AvgIpc) is 2.97. The Labute approximate surface area is 129 Å². The molecule has 5 heteroatoms. The van der Waals surface area contributed by atoms with Crippen molar-refractivity contribution in [3.05, 3.63) is 82.3 Å². The lowest BCUT2D eigenvalue weighted by Gasteiger charge is -2.14. The van der Waals surface area contributed by atoms with E-state index in [0.717, 1.165) is 5.69 Å². The molecule has 0 saturated carbocycles. The van der Waals surface area contributed by atoms with Crippen LogP contribution >= 0.6 is 15.9 Å². The van der Waals surface area contributed by atoms with Crippen molar-refractivity contribution in [3.8, 4) is 5.69 Å². The second-order valence-electron chi connectivity index (χ2n) is 4.57. The van der Waals surface area contributed by atoms with Crippen molar-refractivity contribution in [2.75, 3.05) is 0 Å². The maximum Gasteiger partial charge on any atom is 0.130 e. The van der Waals surface area contributed by atoms with Crippen LogP contribution in [0.5, 0.6) is 0 Å². The highest BCUT2D eigenvalue weighted by molar-refractivity contribution is 9.10. The van der Waals surface area contributed by atoms with Crippen LogP contribution in [0.1, 0.15) is 17.4 Å². The molecule has 106 valence electrons. The highest BCUT2D eigenvalue weighted by atomic mass is 79.9. The number of hydrogen-bond donors (Lipinski definition) is 1. The van der Waals surface area contributed by atoms with Gasteiger partial charge in [-0.25, -0.2) is 9.07 Å². The lowest BCUT2D eigenvalue weighted by Crippen LogP contribution is -2.10. The zero-order valence-electron chi connectivity index (χ0n) is 10.9. The Hall–Kier alpha value is -1.98. The van der Waals surface area contributed by atoms with Crippen molar-refractivity contribution in [1.82, 2.24) is 9.78 Å². The molecule has 2 aromatic carbocycles. The average molecular weight is 347 g/mol. The van der Waals surface area contributed by atoms with E-state index in [1.165, 1.54) is 6.07 Å². The molecule has 1 heterocycles. The van der Waals surface area contributed by atoms with Gasteiger partial charge in [0, 0.05) is 16.2 Å². The second kappa shape index (κ2) is 5.79. The van der Waals surface area contributed by atoms with Crippen LogP contribution in [-0.2, 0) is 0 Å². The minimum Gasteiger partial charge on any atom is -0.382 e. The van der Waals surface area contributed by atoms with Gasteiger partial charge < -0.3 is 5.11 Å². The molecule has 0 aliphatic carbocycles. The van der Waals surface area contributed by atoms with Crippen LogP contribution < -0.4 is 0 Å². The fourth-order valence-corrected chi connectivity index (χ4v) is 2.52. The van der Waals surface area contributed by atoms with Crippen LogP contribution in [0.2, 0.25) is 0 Å². The van der Waals surface area contributed by atoms with Crippen LogP contribution in [-0.4, -0.2) is 14.9 Å². The highest BCUT2D eigenvalue weighted by Crippen LogP contribution is 2.27. The van der Waals surface area contributed by atoms with Crippen LogP contribution in [0.15, 0.2) is 65.3 Å². The van der Waals surface area contributed by atoms with E-state index in [9.17, 15) is 9.50 Å². The summed E-state index contributed by atoms with van der Waals surface area (Å²) in [6.45, 7) is 0. The van der Waals surface area contributed by atoms with Crippen molar-refractivity contribution >= 4 is 15.9 Å². The molecule has 0 bridgehead atoms. The number of aliphatic hydroxyl groups is 1. The predicted molar refractivity (Wildman–Crippen MR) is 81.7 cm³/mol. The number of halogens is 2. The Balaban J connectivity index is 2.03. The van der Waals surface area contributed by atoms with Crippen molar-refractivity contribution in [2.24, 2.45) is 0 Å². The number of aromatic nitrogens is 2. The molecule has 21 heavy (non-hydrogen) atoms. The molecule has 0 radical (unpaired) electrons. The largest absolute Gasteiger partial charge is 0.382 e. The van der Waals surface area contributed by atoms with E-state index in [-0.39, 0.29) is 5.56 Å². The molecule has 1 atom stereocenters. The molecule has 1 aromatic heterocycles. The maximum absolute atomic E-state index is 14.0. The van der Waals surface area contributed by atoms with Crippen molar-refractivity contribution in [2.45, 2.75) is 6.10 Å². The summed E-state index contributed by atoms with van der Waals surface area (Å²) in [6, 6.07) is 15.7. The topological polar surface area (TPSA) is 38.1 Å². The molecular weight excluding hydrogens is 335 g/mol. The Morgan fingerprint density at radius 3 is 2.57 bits per heavy atom. The van der Waals surface area contributed by atoms with Crippen molar-refractivity contribution in [3.63, 3.8) is 0 Å². The number of rotatable bonds is 3. The SMILES string of the molecule is OC(c1ccc(Br)cc1F)c1ccnn1-c1ccccc1. The first-order valence-electron chi connectivity index (χ1n) is 6.39. The zero-order valence-corrected chi connectivity index (χ0v) is 12.5. The van der Waals surface area contributed by atoms with E-state index in [2.05, 4.69) is 21.0 Å². The van der Waals surface area contributed by atoms with Crippen molar-refractivity contribution in [1.29, 1.82) is 0 Å². The maximum atomic E-state index is 14.0. The predicted octanol–water partition coefficient (Wildman–Crippen LogP) is 3.86. The van der Waals surface area contributed by atoms with Gasteiger partial charge in [0.1, 0.15) is 11.9 Å².